The Labute approximate surface area is 97.9 Å². The van der Waals surface area contributed by atoms with Crippen molar-refractivity contribution in [2.24, 2.45) is 0 Å². The van der Waals surface area contributed by atoms with Crippen LogP contribution < -0.4 is 15.4 Å². The van der Waals surface area contributed by atoms with Gasteiger partial charge >= 0.3 is 5.97 Å². The van der Waals surface area contributed by atoms with Gasteiger partial charge in [0.15, 0.2) is 0 Å². The van der Waals surface area contributed by atoms with Crippen LogP contribution in [0.4, 0.5) is 11.4 Å². The highest BCUT2D eigenvalue weighted by molar-refractivity contribution is 6.04. The summed E-state index contributed by atoms with van der Waals surface area (Å²) < 4.78 is 9.77. The third-order valence-electron chi connectivity index (χ3n) is 2.45. The van der Waals surface area contributed by atoms with Crippen molar-refractivity contribution < 1.29 is 19.1 Å². The topological polar surface area (TPSA) is 76.7 Å². The summed E-state index contributed by atoms with van der Waals surface area (Å²) in [4.78, 5) is 22.7. The maximum atomic E-state index is 11.4. The molecule has 0 bridgehead atoms. The van der Waals surface area contributed by atoms with Gasteiger partial charge < -0.3 is 20.1 Å². The van der Waals surface area contributed by atoms with E-state index in [0.717, 1.165) is 0 Å². The number of benzene rings is 1. The van der Waals surface area contributed by atoms with E-state index in [4.69, 9.17) is 4.74 Å². The molecule has 0 radical (unpaired) electrons. The highest BCUT2D eigenvalue weighted by atomic mass is 16.5. The molecule has 0 saturated heterocycles. The maximum Gasteiger partial charge on any atom is 0.338 e. The molecular formula is C11H12N2O4. The number of esters is 1. The minimum Gasteiger partial charge on any atom is -0.494 e. The van der Waals surface area contributed by atoms with E-state index in [1.54, 1.807) is 6.07 Å². The number of fused-ring (bicyclic) bond motifs is 1. The van der Waals surface area contributed by atoms with Gasteiger partial charge in [-0.3, -0.25) is 4.79 Å². The van der Waals surface area contributed by atoms with Crippen LogP contribution in [-0.2, 0) is 9.53 Å². The van der Waals surface area contributed by atoms with Gasteiger partial charge in [-0.15, -0.1) is 0 Å². The second-order valence-electron chi connectivity index (χ2n) is 3.49. The number of carbonyl (C=O) groups is 2. The standard InChI is InChI=1S/C11H12N2O4/c1-16-8-4-6(11(15)17-2)3-7-10(8)13-9(14)5-12-7/h3-4,12H,5H2,1-2H3,(H,13,14). The quantitative estimate of drug-likeness (QED) is 0.744. The number of hydrogen-bond acceptors (Lipinski definition) is 5. The number of carbonyl (C=O) groups excluding carboxylic acids is 2. The van der Waals surface area contributed by atoms with Crippen molar-refractivity contribution in [2.75, 3.05) is 31.4 Å². The van der Waals surface area contributed by atoms with Gasteiger partial charge in [-0.2, -0.15) is 0 Å². The van der Waals surface area contributed by atoms with E-state index < -0.39 is 5.97 Å². The Kier molecular flexibility index (Phi) is 2.86. The Morgan fingerprint density at radius 1 is 1.35 bits per heavy atom. The van der Waals surface area contributed by atoms with Crippen molar-refractivity contribution in [3.63, 3.8) is 0 Å². The molecule has 0 aromatic heterocycles. The minimum atomic E-state index is -0.454. The van der Waals surface area contributed by atoms with Crippen LogP contribution in [0, 0.1) is 0 Å². The summed E-state index contributed by atoms with van der Waals surface area (Å²) in [5.41, 5.74) is 1.55. The number of rotatable bonds is 2. The van der Waals surface area contributed by atoms with Crippen molar-refractivity contribution in [2.45, 2.75) is 0 Å². The summed E-state index contributed by atoms with van der Waals surface area (Å²) >= 11 is 0. The molecule has 1 aromatic rings. The monoisotopic (exact) mass is 236 g/mol. The third kappa shape index (κ3) is 2.01. The van der Waals surface area contributed by atoms with Crippen LogP contribution in [0.15, 0.2) is 12.1 Å². The van der Waals surface area contributed by atoms with E-state index in [-0.39, 0.29) is 12.5 Å². The predicted octanol–water partition coefficient (Wildman–Crippen LogP) is 0.846. The molecule has 2 rings (SSSR count). The lowest BCUT2D eigenvalue weighted by Gasteiger charge is -2.21. The molecule has 1 heterocycles. The van der Waals surface area contributed by atoms with Crippen molar-refractivity contribution in [3.8, 4) is 5.75 Å². The Morgan fingerprint density at radius 2 is 2.12 bits per heavy atom. The number of methoxy groups -OCH3 is 2. The zero-order valence-electron chi connectivity index (χ0n) is 9.49. The normalized spacial score (nSPS) is 13.2. The molecule has 0 spiro atoms. The summed E-state index contributed by atoms with van der Waals surface area (Å²) in [5.74, 6) is -0.185. The Balaban J connectivity index is 2.49. The Hall–Kier alpha value is -2.24. The highest BCUT2D eigenvalue weighted by Gasteiger charge is 2.21. The first-order valence-electron chi connectivity index (χ1n) is 4.99. The van der Waals surface area contributed by atoms with Crippen molar-refractivity contribution >= 4 is 23.3 Å². The molecule has 0 atom stereocenters. The maximum absolute atomic E-state index is 11.4. The van der Waals surface area contributed by atoms with Crippen LogP contribution in [0.1, 0.15) is 10.4 Å². The SMILES string of the molecule is COC(=O)c1cc2c(c(OC)c1)NC(=O)CN2. The molecule has 0 aliphatic carbocycles. The van der Waals surface area contributed by atoms with Crippen molar-refractivity contribution in [1.29, 1.82) is 0 Å². The van der Waals surface area contributed by atoms with Crippen LogP contribution >= 0.6 is 0 Å². The van der Waals surface area contributed by atoms with Gasteiger partial charge in [0.05, 0.1) is 32.0 Å². The number of ether oxygens (including phenoxy) is 2. The zero-order valence-corrected chi connectivity index (χ0v) is 9.49. The molecule has 0 fully saturated rings. The van der Waals surface area contributed by atoms with E-state index in [2.05, 4.69) is 15.4 Å². The number of anilines is 2. The first kappa shape index (κ1) is 11.3. The van der Waals surface area contributed by atoms with E-state index >= 15 is 0 Å². The fourth-order valence-electron chi connectivity index (χ4n) is 1.64. The zero-order chi connectivity index (χ0) is 12.4. The van der Waals surface area contributed by atoms with Crippen LogP contribution in [0.5, 0.6) is 5.75 Å². The Bertz CT molecular complexity index is 467. The predicted molar refractivity (Wildman–Crippen MR) is 61.5 cm³/mol. The van der Waals surface area contributed by atoms with Crippen molar-refractivity contribution in [1.82, 2.24) is 0 Å². The van der Waals surface area contributed by atoms with Crippen molar-refractivity contribution in [3.05, 3.63) is 17.7 Å². The lowest BCUT2D eigenvalue weighted by molar-refractivity contribution is -0.114. The summed E-state index contributed by atoms with van der Waals surface area (Å²) in [7, 11) is 2.78. The van der Waals surface area contributed by atoms with Crippen LogP contribution in [0.2, 0.25) is 0 Å². The molecule has 6 nitrogen and oxygen atoms in total. The summed E-state index contributed by atoms with van der Waals surface area (Å²) in [6, 6.07) is 3.14. The average molecular weight is 236 g/mol. The molecule has 2 N–H and O–H groups in total. The van der Waals surface area contributed by atoms with Crippen LogP contribution in [-0.4, -0.2) is 32.6 Å². The summed E-state index contributed by atoms with van der Waals surface area (Å²) in [6.07, 6.45) is 0. The second-order valence-corrected chi connectivity index (χ2v) is 3.49. The second kappa shape index (κ2) is 4.32. The summed E-state index contributed by atoms with van der Waals surface area (Å²) in [6.45, 7) is 0.167. The first-order chi connectivity index (χ1) is 8.15. The summed E-state index contributed by atoms with van der Waals surface area (Å²) in [5, 5.41) is 5.59. The molecule has 1 aliphatic rings. The molecule has 90 valence electrons. The van der Waals surface area contributed by atoms with Gasteiger partial charge in [0.1, 0.15) is 11.4 Å². The van der Waals surface area contributed by atoms with Crippen LogP contribution in [0.3, 0.4) is 0 Å². The molecule has 1 amide bonds. The van der Waals surface area contributed by atoms with Gasteiger partial charge in [0.25, 0.3) is 0 Å². The van der Waals surface area contributed by atoms with E-state index in [9.17, 15) is 9.59 Å². The number of nitrogens with one attached hydrogen (secondary N) is 2. The van der Waals surface area contributed by atoms with Gasteiger partial charge in [0.2, 0.25) is 5.91 Å². The van der Waals surface area contributed by atoms with Gasteiger partial charge in [-0.25, -0.2) is 4.79 Å². The van der Waals surface area contributed by atoms with Gasteiger partial charge in [0, 0.05) is 0 Å². The van der Waals surface area contributed by atoms with Gasteiger partial charge in [-0.1, -0.05) is 0 Å². The number of hydrogen-bond donors (Lipinski definition) is 2. The molecule has 1 aliphatic heterocycles. The number of amides is 1. The molecule has 0 saturated carbocycles. The fraction of sp³-hybridized carbons (Fsp3) is 0.273. The Morgan fingerprint density at radius 3 is 2.76 bits per heavy atom. The lowest BCUT2D eigenvalue weighted by Crippen LogP contribution is -2.28. The van der Waals surface area contributed by atoms with Crippen LogP contribution in [0.25, 0.3) is 0 Å². The molecule has 1 aromatic carbocycles. The smallest absolute Gasteiger partial charge is 0.338 e. The van der Waals surface area contributed by atoms with E-state index in [1.807, 2.05) is 0 Å². The van der Waals surface area contributed by atoms with E-state index in [0.29, 0.717) is 22.7 Å². The third-order valence-corrected chi connectivity index (χ3v) is 2.45. The minimum absolute atomic E-state index is 0.151. The van der Waals surface area contributed by atoms with E-state index in [1.165, 1.54) is 20.3 Å². The first-order valence-corrected chi connectivity index (χ1v) is 4.99. The fourth-order valence-corrected chi connectivity index (χ4v) is 1.64. The molecule has 6 heteroatoms. The molecular weight excluding hydrogens is 224 g/mol. The molecule has 0 unspecified atom stereocenters. The van der Waals surface area contributed by atoms with Gasteiger partial charge in [-0.05, 0) is 12.1 Å². The highest BCUT2D eigenvalue weighted by Crippen LogP contribution is 2.36. The lowest BCUT2D eigenvalue weighted by atomic mass is 10.1. The largest absolute Gasteiger partial charge is 0.494 e. The molecule has 17 heavy (non-hydrogen) atoms. The average Bonchev–Trinajstić information content (AvgIpc) is 2.36.